The highest BCUT2D eigenvalue weighted by molar-refractivity contribution is 7.92. The summed E-state index contributed by atoms with van der Waals surface area (Å²) in [5.74, 6) is -0.186. The molecule has 10 heteroatoms. The molecule has 0 saturated heterocycles. The van der Waals surface area contributed by atoms with Crippen LogP contribution in [0.5, 0.6) is 11.6 Å². The Hall–Kier alpha value is -3.92. The number of nitrogens with zero attached hydrogens (tertiary/aromatic N) is 1. The molecule has 2 aromatic carbocycles. The number of anilines is 1. The monoisotopic (exact) mass is 525 g/mol. The van der Waals surface area contributed by atoms with Crippen molar-refractivity contribution < 1.29 is 22.3 Å². The van der Waals surface area contributed by atoms with Gasteiger partial charge in [0.2, 0.25) is 15.9 Å². The predicted octanol–water partition coefficient (Wildman–Crippen LogP) is 5.08. The summed E-state index contributed by atoms with van der Waals surface area (Å²) in [5.41, 5.74) is 3.13. The van der Waals surface area contributed by atoms with Crippen LogP contribution in [0.3, 0.4) is 0 Å². The van der Waals surface area contributed by atoms with Gasteiger partial charge >= 0.3 is 0 Å². The van der Waals surface area contributed by atoms with Crippen molar-refractivity contribution in [1.82, 2.24) is 9.97 Å². The van der Waals surface area contributed by atoms with Crippen LogP contribution in [0.25, 0.3) is 33.2 Å². The zero-order valence-electron chi connectivity index (χ0n) is 21.4. The minimum Gasteiger partial charge on any atom is -0.496 e. The van der Waals surface area contributed by atoms with E-state index in [2.05, 4.69) is 9.71 Å². The summed E-state index contributed by atoms with van der Waals surface area (Å²) in [7, 11) is -0.407. The molecule has 2 heterocycles. The zero-order chi connectivity index (χ0) is 27.1. The van der Waals surface area contributed by atoms with E-state index >= 15 is 0 Å². The van der Waals surface area contributed by atoms with E-state index in [0.717, 1.165) is 29.0 Å². The molecule has 0 aliphatic carbocycles. The molecular formula is C27H28FN3O5S. The van der Waals surface area contributed by atoms with Crippen molar-refractivity contribution in [3.63, 3.8) is 0 Å². The first-order chi connectivity index (χ1) is 17.3. The van der Waals surface area contributed by atoms with E-state index in [1.165, 1.54) is 7.11 Å². The average molecular weight is 526 g/mol. The van der Waals surface area contributed by atoms with Crippen molar-refractivity contribution in [2.24, 2.45) is 0 Å². The number of fused-ring (bicyclic) bond motifs is 1. The van der Waals surface area contributed by atoms with Crippen LogP contribution >= 0.6 is 0 Å². The summed E-state index contributed by atoms with van der Waals surface area (Å²) < 4.78 is 51.1. The highest BCUT2D eigenvalue weighted by atomic mass is 32.2. The zero-order valence-corrected chi connectivity index (χ0v) is 22.2. The Morgan fingerprint density at radius 1 is 0.973 bits per heavy atom. The Morgan fingerprint density at radius 3 is 2.22 bits per heavy atom. The lowest BCUT2D eigenvalue weighted by Crippen LogP contribution is -2.15. The summed E-state index contributed by atoms with van der Waals surface area (Å²) in [6, 6.07) is 11.9. The molecule has 0 saturated carbocycles. The molecule has 4 rings (SSSR count). The number of aromatic nitrogens is 2. The Kier molecular flexibility index (Phi) is 6.72. The van der Waals surface area contributed by atoms with Crippen molar-refractivity contribution in [3.8, 4) is 33.9 Å². The van der Waals surface area contributed by atoms with Crippen LogP contribution in [0, 0.1) is 5.82 Å². The van der Waals surface area contributed by atoms with Crippen LogP contribution in [0.1, 0.15) is 26.3 Å². The molecule has 37 heavy (non-hydrogen) atoms. The number of sulfonamides is 1. The molecule has 0 aliphatic rings. The van der Waals surface area contributed by atoms with Gasteiger partial charge in [-0.05, 0) is 41.3 Å². The summed E-state index contributed by atoms with van der Waals surface area (Å²) >= 11 is 0. The molecule has 0 aliphatic heterocycles. The summed E-state index contributed by atoms with van der Waals surface area (Å²) in [6.07, 6.45) is 2.77. The van der Waals surface area contributed by atoms with Crippen molar-refractivity contribution in [2.45, 2.75) is 26.2 Å². The first kappa shape index (κ1) is 26.2. The number of benzene rings is 2. The minimum absolute atomic E-state index is 0.123. The molecule has 4 aromatic rings. The van der Waals surface area contributed by atoms with E-state index in [4.69, 9.17) is 14.5 Å². The molecule has 0 spiro atoms. The van der Waals surface area contributed by atoms with Crippen molar-refractivity contribution in [2.75, 3.05) is 25.2 Å². The van der Waals surface area contributed by atoms with Crippen LogP contribution in [0.4, 0.5) is 10.1 Å². The standard InChI is InChI=1S/C27H28FN3O5S/c1-27(2,3)21-12-18(19-13-22(28)25(32)30-26(19)36-5)23-20(24(21)35-4)11-16(14-29-23)15-7-9-17(10-8-15)31-37(6,33)34/h7-14,31H,1-6H3,(H,30,32). The maximum atomic E-state index is 14.4. The van der Waals surface area contributed by atoms with Gasteiger partial charge in [-0.25, -0.2) is 12.8 Å². The SMILES string of the molecule is COc1[nH]c(=O)c(F)cc1-c1cc(C(C)(C)C)c(OC)c2cc(-c3ccc(NS(C)(=O)=O)cc3)cnc12. The van der Waals surface area contributed by atoms with Gasteiger partial charge in [0.1, 0.15) is 5.75 Å². The lowest BCUT2D eigenvalue weighted by molar-refractivity contribution is 0.395. The number of halogens is 1. The molecule has 0 unspecified atom stereocenters. The number of nitrogens with one attached hydrogen (secondary N) is 2. The predicted molar refractivity (Wildman–Crippen MR) is 143 cm³/mol. The highest BCUT2D eigenvalue weighted by Crippen LogP contribution is 2.44. The van der Waals surface area contributed by atoms with E-state index in [1.807, 2.05) is 32.9 Å². The van der Waals surface area contributed by atoms with Gasteiger partial charge in [-0.2, -0.15) is 0 Å². The van der Waals surface area contributed by atoms with Crippen molar-refractivity contribution in [3.05, 3.63) is 70.4 Å². The van der Waals surface area contributed by atoms with Crippen LogP contribution < -0.4 is 19.8 Å². The fourth-order valence-electron chi connectivity index (χ4n) is 4.21. The Labute approximate surface area is 214 Å². The first-order valence-electron chi connectivity index (χ1n) is 11.4. The lowest BCUT2D eigenvalue weighted by Gasteiger charge is -2.25. The fourth-order valence-corrected chi connectivity index (χ4v) is 4.77. The molecule has 0 fully saturated rings. The third-order valence-electron chi connectivity index (χ3n) is 5.91. The van der Waals surface area contributed by atoms with Gasteiger partial charge in [-0.1, -0.05) is 32.9 Å². The van der Waals surface area contributed by atoms with Gasteiger partial charge in [0.25, 0.3) is 5.56 Å². The maximum absolute atomic E-state index is 14.4. The first-order valence-corrected chi connectivity index (χ1v) is 13.3. The van der Waals surface area contributed by atoms with Gasteiger partial charge in [-0.15, -0.1) is 0 Å². The number of aromatic amines is 1. The molecule has 8 nitrogen and oxygen atoms in total. The van der Waals surface area contributed by atoms with Crippen LogP contribution in [0.15, 0.2) is 53.5 Å². The molecule has 0 radical (unpaired) electrons. The van der Waals surface area contributed by atoms with E-state index in [0.29, 0.717) is 33.5 Å². The number of hydrogen-bond acceptors (Lipinski definition) is 6. The number of hydrogen-bond donors (Lipinski definition) is 2. The van der Waals surface area contributed by atoms with E-state index in [9.17, 15) is 17.6 Å². The van der Waals surface area contributed by atoms with Gasteiger partial charge in [0.15, 0.2) is 5.82 Å². The molecule has 0 bridgehead atoms. The minimum atomic E-state index is -3.39. The molecule has 194 valence electrons. The topological polar surface area (TPSA) is 110 Å². The largest absolute Gasteiger partial charge is 0.496 e. The van der Waals surface area contributed by atoms with Crippen molar-refractivity contribution >= 4 is 26.6 Å². The second-order valence-corrected chi connectivity index (χ2v) is 11.5. The Bertz CT molecular complexity index is 1660. The van der Waals surface area contributed by atoms with E-state index in [-0.39, 0.29) is 11.3 Å². The van der Waals surface area contributed by atoms with Gasteiger partial charge < -0.3 is 9.47 Å². The van der Waals surface area contributed by atoms with Crippen molar-refractivity contribution in [1.29, 1.82) is 0 Å². The smallest absolute Gasteiger partial charge is 0.286 e. The second kappa shape index (κ2) is 9.51. The van der Waals surface area contributed by atoms with Gasteiger partial charge in [-0.3, -0.25) is 19.5 Å². The fraction of sp³-hybridized carbons (Fsp3) is 0.259. The molecule has 2 aromatic heterocycles. The molecule has 0 atom stereocenters. The number of H-pyrrole nitrogens is 1. The number of pyridine rings is 2. The summed E-state index contributed by atoms with van der Waals surface area (Å²) in [6.45, 7) is 6.11. The number of rotatable bonds is 6. The number of ether oxygens (including phenoxy) is 2. The average Bonchev–Trinajstić information content (AvgIpc) is 2.83. The Morgan fingerprint density at radius 2 is 1.65 bits per heavy atom. The second-order valence-electron chi connectivity index (χ2n) is 9.72. The van der Waals surface area contributed by atoms with E-state index < -0.39 is 21.4 Å². The third kappa shape index (κ3) is 5.29. The highest BCUT2D eigenvalue weighted by Gasteiger charge is 2.26. The maximum Gasteiger partial charge on any atom is 0.286 e. The molecule has 0 amide bonds. The quantitative estimate of drug-likeness (QED) is 0.363. The Balaban J connectivity index is 2.00. The summed E-state index contributed by atoms with van der Waals surface area (Å²) in [4.78, 5) is 19.0. The normalized spacial score (nSPS) is 12.0. The van der Waals surface area contributed by atoms with E-state index in [1.54, 1.807) is 37.6 Å². The number of methoxy groups -OCH3 is 2. The molecule has 2 N–H and O–H groups in total. The molecular weight excluding hydrogens is 497 g/mol. The summed E-state index contributed by atoms with van der Waals surface area (Å²) in [5, 5.41) is 0.689. The van der Waals surface area contributed by atoms with Crippen LogP contribution in [-0.4, -0.2) is 38.9 Å². The van der Waals surface area contributed by atoms with Gasteiger partial charge in [0.05, 0.1) is 26.0 Å². The lowest BCUT2D eigenvalue weighted by atomic mass is 9.83. The van der Waals surface area contributed by atoms with Crippen LogP contribution in [-0.2, 0) is 15.4 Å². The van der Waals surface area contributed by atoms with Gasteiger partial charge in [0, 0.05) is 39.5 Å². The van der Waals surface area contributed by atoms with Crippen LogP contribution in [0.2, 0.25) is 0 Å². The third-order valence-corrected chi connectivity index (χ3v) is 6.51.